The van der Waals surface area contributed by atoms with E-state index in [0.717, 1.165) is 47.0 Å². The largest absolute Gasteiger partial charge is 0.494 e. The molecule has 51 heavy (non-hydrogen) atoms. The van der Waals surface area contributed by atoms with Gasteiger partial charge in [-0.2, -0.15) is 0 Å². The van der Waals surface area contributed by atoms with Crippen LogP contribution in [0.5, 0.6) is 5.75 Å². The number of carbonyl (C=O) groups is 3. The molecule has 0 unspecified atom stereocenters. The summed E-state index contributed by atoms with van der Waals surface area (Å²) in [5.41, 5.74) is 2.96. The van der Waals surface area contributed by atoms with Crippen molar-refractivity contribution in [3.05, 3.63) is 118 Å². The lowest BCUT2D eigenvalue weighted by atomic mass is 10.0. The quantitative estimate of drug-likeness (QED) is 0.194. The Balaban J connectivity index is 1.10. The first-order valence-electron chi connectivity index (χ1n) is 17.7. The van der Waals surface area contributed by atoms with Gasteiger partial charge in [0.25, 0.3) is 5.91 Å². The number of benzene rings is 4. The average molecular weight is 687 g/mol. The third kappa shape index (κ3) is 7.60. The number of piperazine rings is 1. The van der Waals surface area contributed by atoms with Gasteiger partial charge in [-0.3, -0.25) is 19.2 Å². The van der Waals surface area contributed by atoms with E-state index in [9.17, 15) is 19.2 Å². The van der Waals surface area contributed by atoms with Crippen molar-refractivity contribution in [3.63, 3.8) is 0 Å². The number of carbonyl (C=O) groups excluding carboxylic acids is 3. The van der Waals surface area contributed by atoms with E-state index in [1.165, 1.54) is 6.07 Å². The van der Waals surface area contributed by atoms with E-state index >= 15 is 0 Å². The maximum atomic E-state index is 14.3. The molecule has 5 aromatic rings. The van der Waals surface area contributed by atoms with Crippen molar-refractivity contribution in [1.82, 2.24) is 15.1 Å². The Morgan fingerprint density at radius 1 is 0.863 bits per heavy atom. The Morgan fingerprint density at radius 2 is 1.65 bits per heavy atom. The molecule has 10 nitrogen and oxygen atoms in total. The Labute approximate surface area is 296 Å². The second kappa shape index (κ2) is 15.1. The van der Waals surface area contributed by atoms with Crippen LogP contribution in [0.4, 0.5) is 5.69 Å². The number of hydrogen-bond donors (Lipinski definition) is 1. The second-order valence-electron chi connectivity index (χ2n) is 13.3. The van der Waals surface area contributed by atoms with E-state index in [1.54, 1.807) is 23.1 Å². The van der Waals surface area contributed by atoms with Crippen LogP contribution in [0, 0.1) is 0 Å². The molecule has 0 saturated carbocycles. The summed E-state index contributed by atoms with van der Waals surface area (Å²) in [6, 6.07) is 27.4. The Kier molecular flexibility index (Phi) is 10.0. The highest BCUT2D eigenvalue weighted by molar-refractivity contribution is 5.97. The van der Waals surface area contributed by atoms with Crippen LogP contribution in [0.15, 0.2) is 100 Å². The Morgan fingerprint density at radius 3 is 2.43 bits per heavy atom. The number of anilines is 1. The van der Waals surface area contributed by atoms with Crippen molar-refractivity contribution in [2.24, 2.45) is 0 Å². The van der Waals surface area contributed by atoms with Gasteiger partial charge in [0, 0.05) is 63.9 Å². The van der Waals surface area contributed by atoms with Gasteiger partial charge >= 0.3 is 0 Å². The molecule has 3 amide bonds. The first kappa shape index (κ1) is 33.8. The fraction of sp³-hybridized carbons (Fsp3) is 0.317. The normalized spacial score (nSPS) is 15.4. The van der Waals surface area contributed by atoms with Crippen molar-refractivity contribution in [1.29, 1.82) is 0 Å². The molecule has 0 aliphatic carbocycles. The molecule has 1 aromatic heterocycles. The lowest BCUT2D eigenvalue weighted by Crippen LogP contribution is -2.55. The molecule has 3 heterocycles. The molecule has 1 N–H and O–H groups in total. The molecule has 0 spiro atoms. The Bertz CT molecular complexity index is 2140. The summed E-state index contributed by atoms with van der Waals surface area (Å²) in [7, 11) is 0. The van der Waals surface area contributed by atoms with Gasteiger partial charge in [0.2, 0.25) is 11.8 Å². The molecule has 10 heteroatoms. The highest BCUT2D eigenvalue weighted by Gasteiger charge is 2.31. The van der Waals surface area contributed by atoms with Crippen LogP contribution in [0.1, 0.15) is 47.9 Å². The van der Waals surface area contributed by atoms with Crippen LogP contribution in [-0.4, -0.2) is 72.9 Å². The van der Waals surface area contributed by atoms with Crippen molar-refractivity contribution in [3.8, 4) is 5.75 Å². The van der Waals surface area contributed by atoms with Crippen LogP contribution in [-0.2, 0) is 22.6 Å². The summed E-state index contributed by atoms with van der Waals surface area (Å²) in [6.45, 7) is 6.02. The Hall–Kier alpha value is -5.64. The van der Waals surface area contributed by atoms with E-state index < -0.39 is 11.9 Å². The van der Waals surface area contributed by atoms with Gasteiger partial charge in [-0.05, 0) is 59.0 Å². The molecule has 0 radical (unpaired) electrons. The van der Waals surface area contributed by atoms with Gasteiger partial charge in [0.05, 0.1) is 12.0 Å². The number of hydrogen-bond acceptors (Lipinski definition) is 7. The van der Waals surface area contributed by atoms with Gasteiger partial charge in [-0.25, -0.2) is 0 Å². The van der Waals surface area contributed by atoms with E-state index in [4.69, 9.17) is 9.15 Å². The SMILES string of the molecule is CCCOc1ccc2oc(C(=O)N[C@H](Cc3ccc4ccccc4c3)C(=O)N3CCN(c4ccccc4CN4CCCC4=O)CC3)cc(=O)c2c1. The van der Waals surface area contributed by atoms with Crippen LogP contribution in [0.2, 0.25) is 0 Å². The number of rotatable bonds is 11. The van der Waals surface area contributed by atoms with Crippen LogP contribution >= 0.6 is 0 Å². The maximum Gasteiger partial charge on any atom is 0.287 e. The lowest BCUT2D eigenvalue weighted by Gasteiger charge is -2.38. The summed E-state index contributed by atoms with van der Waals surface area (Å²) < 4.78 is 11.6. The third-order valence-corrected chi connectivity index (χ3v) is 9.71. The van der Waals surface area contributed by atoms with E-state index in [1.807, 2.05) is 66.4 Å². The van der Waals surface area contributed by atoms with Crippen molar-refractivity contribution in [2.45, 2.75) is 45.2 Å². The summed E-state index contributed by atoms with van der Waals surface area (Å²) in [6.07, 6.45) is 2.58. The number of likely N-dealkylation sites (tertiary alicyclic amines) is 1. The molecule has 2 fully saturated rings. The molecular formula is C41H42N4O6. The fourth-order valence-corrected chi connectivity index (χ4v) is 7.01. The molecule has 7 rings (SSSR count). The van der Waals surface area contributed by atoms with Crippen LogP contribution in [0.25, 0.3) is 21.7 Å². The molecule has 2 saturated heterocycles. The predicted molar refractivity (Wildman–Crippen MR) is 197 cm³/mol. The number of fused-ring (bicyclic) bond motifs is 2. The molecule has 2 aliphatic heterocycles. The molecule has 2 aliphatic rings. The fourth-order valence-electron chi connectivity index (χ4n) is 7.01. The van der Waals surface area contributed by atoms with E-state index in [0.29, 0.717) is 56.9 Å². The highest BCUT2D eigenvalue weighted by Crippen LogP contribution is 2.26. The molecule has 1 atom stereocenters. The summed E-state index contributed by atoms with van der Waals surface area (Å²) >= 11 is 0. The number of amides is 3. The number of nitrogens with zero attached hydrogens (tertiary/aromatic N) is 3. The van der Waals surface area contributed by atoms with E-state index in [2.05, 4.69) is 22.3 Å². The first-order valence-corrected chi connectivity index (χ1v) is 17.7. The van der Waals surface area contributed by atoms with Gasteiger partial charge in [0.1, 0.15) is 17.4 Å². The van der Waals surface area contributed by atoms with Gasteiger partial charge in [-0.1, -0.05) is 67.6 Å². The van der Waals surface area contributed by atoms with Gasteiger partial charge < -0.3 is 29.2 Å². The molecule has 4 aromatic carbocycles. The smallest absolute Gasteiger partial charge is 0.287 e. The number of nitrogens with one attached hydrogen (secondary N) is 1. The molecule has 0 bridgehead atoms. The van der Waals surface area contributed by atoms with Crippen LogP contribution < -0.4 is 20.4 Å². The second-order valence-corrected chi connectivity index (χ2v) is 13.3. The average Bonchev–Trinajstić information content (AvgIpc) is 3.57. The van der Waals surface area contributed by atoms with Gasteiger partial charge in [0.15, 0.2) is 11.2 Å². The standard InChI is InChI=1S/C41H42N4O6/c1-2-22-50-32-15-16-37-33(25-32)36(46)26-38(51-37)40(48)42-34(24-28-13-14-29-8-3-4-9-30(29)23-28)41(49)44-20-18-43(19-21-44)35-11-6-5-10-31(35)27-45-17-7-12-39(45)47/h3-6,8-11,13-16,23,25-26,34H,2,7,12,17-22,24,27H2,1H3,(H,42,48)/t34-/m1/s1. The number of para-hydroxylation sites is 1. The van der Waals surface area contributed by atoms with Crippen molar-refractivity contribution in [2.75, 3.05) is 44.2 Å². The van der Waals surface area contributed by atoms with Gasteiger partial charge in [-0.15, -0.1) is 0 Å². The van der Waals surface area contributed by atoms with E-state index in [-0.39, 0.29) is 35.0 Å². The summed E-state index contributed by atoms with van der Waals surface area (Å²) in [4.78, 5) is 59.4. The van der Waals surface area contributed by atoms with Crippen molar-refractivity contribution >= 4 is 45.2 Å². The zero-order valence-electron chi connectivity index (χ0n) is 28.8. The minimum atomic E-state index is -0.899. The molecular weight excluding hydrogens is 644 g/mol. The monoisotopic (exact) mass is 686 g/mol. The maximum absolute atomic E-state index is 14.3. The molecule has 262 valence electrons. The summed E-state index contributed by atoms with van der Waals surface area (Å²) in [5, 5.41) is 5.35. The minimum Gasteiger partial charge on any atom is -0.494 e. The first-order chi connectivity index (χ1) is 24.9. The highest BCUT2D eigenvalue weighted by atomic mass is 16.5. The number of ether oxygens (including phenoxy) is 1. The van der Waals surface area contributed by atoms with Crippen LogP contribution in [0.3, 0.4) is 0 Å². The predicted octanol–water partition coefficient (Wildman–Crippen LogP) is 5.55. The summed E-state index contributed by atoms with van der Waals surface area (Å²) in [5.74, 6) is -0.255. The third-order valence-electron chi connectivity index (χ3n) is 9.71. The lowest BCUT2D eigenvalue weighted by molar-refractivity contribution is -0.133. The topological polar surface area (TPSA) is 112 Å². The van der Waals surface area contributed by atoms with Crippen molar-refractivity contribution < 1.29 is 23.5 Å². The zero-order valence-corrected chi connectivity index (χ0v) is 28.8. The zero-order chi connectivity index (χ0) is 35.3. The minimum absolute atomic E-state index is 0.163.